The Morgan fingerprint density at radius 3 is 2.83 bits per heavy atom. The van der Waals surface area contributed by atoms with Gasteiger partial charge in [0.2, 0.25) is 5.95 Å². The zero-order valence-electron chi connectivity index (χ0n) is 10.2. The van der Waals surface area contributed by atoms with Crippen LogP contribution in [0.2, 0.25) is 0 Å². The summed E-state index contributed by atoms with van der Waals surface area (Å²) in [6.45, 7) is 0. The highest BCUT2D eigenvalue weighted by atomic mass is 15.2. The third-order valence-corrected chi connectivity index (χ3v) is 2.85. The fraction of sp³-hybridized carbons (Fsp3) is 0.308. The largest absolute Gasteiger partial charge is 0.373 e. The fourth-order valence-electron chi connectivity index (χ4n) is 1.71. The second-order valence-electron chi connectivity index (χ2n) is 4.37. The number of pyridine rings is 1. The molecular formula is C13H15N5. The van der Waals surface area contributed by atoms with E-state index in [4.69, 9.17) is 0 Å². The fourth-order valence-corrected chi connectivity index (χ4v) is 1.71. The van der Waals surface area contributed by atoms with E-state index in [0.29, 0.717) is 12.0 Å². The summed E-state index contributed by atoms with van der Waals surface area (Å²) in [5, 5.41) is 6.38. The number of nitrogens with zero attached hydrogens (tertiary/aromatic N) is 3. The van der Waals surface area contributed by atoms with Gasteiger partial charge in [0.15, 0.2) is 0 Å². The molecule has 2 N–H and O–H groups in total. The molecule has 0 bridgehead atoms. The molecule has 0 unspecified atom stereocenters. The van der Waals surface area contributed by atoms with Crippen LogP contribution in [0.3, 0.4) is 0 Å². The molecule has 2 heterocycles. The number of hydrogen-bond donors (Lipinski definition) is 2. The maximum absolute atomic E-state index is 4.53. The van der Waals surface area contributed by atoms with Crippen LogP contribution >= 0.6 is 0 Å². The van der Waals surface area contributed by atoms with Crippen LogP contribution in [0.25, 0.3) is 11.3 Å². The molecule has 0 aromatic carbocycles. The first-order chi connectivity index (χ1) is 8.85. The molecule has 2 aromatic rings. The van der Waals surface area contributed by atoms with Crippen molar-refractivity contribution in [2.45, 2.75) is 18.9 Å². The molecule has 5 nitrogen and oxygen atoms in total. The number of aromatic nitrogens is 3. The zero-order valence-corrected chi connectivity index (χ0v) is 10.2. The van der Waals surface area contributed by atoms with E-state index in [1.54, 1.807) is 6.20 Å². The van der Waals surface area contributed by atoms with Gasteiger partial charge in [-0.1, -0.05) is 0 Å². The molecular weight excluding hydrogens is 226 g/mol. The summed E-state index contributed by atoms with van der Waals surface area (Å²) in [7, 11) is 1.86. The predicted octanol–water partition coefficient (Wildman–Crippen LogP) is 2.15. The lowest BCUT2D eigenvalue weighted by Gasteiger charge is -2.08. The van der Waals surface area contributed by atoms with Crippen LogP contribution < -0.4 is 10.6 Å². The maximum atomic E-state index is 4.53. The van der Waals surface area contributed by atoms with E-state index in [2.05, 4.69) is 25.6 Å². The second kappa shape index (κ2) is 4.60. The van der Waals surface area contributed by atoms with E-state index in [0.717, 1.165) is 17.1 Å². The van der Waals surface area contributed by atoms with E-state index < -0.39 is 0 Å². The molecule has 1 aliphatic rings. The Bertz CT molecular complexity index is 536. The summed E-state index contributed by atoms with van der Waals surface area (Å²) in [4.78, 5) is 13.1. The molecule has 1 aliphatic carbocycles. The SMILES string of the molecule is CNc1cc(-c2cccnc2)nc(NC2CC2)n1. The molecule has 0 saturated heterocycles. The lowest BCUT2D eigenvalue weighted by Crippen LogP contribution is -2.07. The Hall–Kier alpha value is -2.17. The van der Waals surface area contributed by atoms with Crippen LogP contribution in [0.15, 0.2) is 30.6 Å². The van der Waals surface area contributed by atoms with Gasteiger partial charge in [-0.25, -0.2) is 4.98 Å². The average Bonchev–Trinajstić information content (AvgIpc) is 3.23. The van der Waals surface area contributed by atoms with Gasteiger partial charge in [-0.15, -0.1) is 0 Å². The minimum absolute atomic E-state index is 0.541. The minimum Gasteiger partial charge on any atom is -0.373 e. The van der Waals surface area contributed by atoms with Crippen LogP contribution in [-0.2, 0) is 0 Å². The van der Waals surface area contributed by atoms with Gasteiger partial charge in [-0.05, 0) is 25.0 Å². The summed E-state index contributed by atoms with van der Waals surface area (Å²) in [5.74, 6) is 1.50. The van der Waals surface area contributed by atoms with Gasteiger partial charge < -0.3 is 10.6 Å². The van der Waals surface area contributed by atoms with Crippen molar-refractivity contribution in [3.63, 3.8) is 0 Å². The highest BCUT2D eigenvalue weighted by Crippen LogP contribution is 2.25. The normalized spacial score (nSPS) is 14.3. The third-order valence-electron chi connectivity index (χ3n) is 2.85. The molecule has 0 amide bonds. The van der Waals surface area contributed by atoms with Crippen LogP contribution in [0.1, 0.15) is 12.8 Å². The molecule has 0 aliphatic heterocycles. The summed E-state index contributed by atoms with van der Waals surface area (Å²) in [6, 6.07) is 6.37. The van der Waals surface area contributed by atoms with Crippen molar-refractivity contribution in [2.75, 3.05) is 17.7 Å². The van der Waals surface area contributed by atoms with E-state index >= 15 is 0 Å². The molecule has 0 spiro atoms. The molecule has 1 saturated carbocycles. The molecule has 3 rings (SSSR count). The van der Waals surface area contributed by atoms with Gasteiger partial charge in [0, 0.05) is 37.1 Å². The first-order valence-electron chi connectivity index (χ1n) is 6.09. The quantitative estimate of drug-likeness (QED) is 0.858. The van der Waals surface area contributed by atoms with Crippen molar-refractivity contribution in [3.8, 4) is 11.3 Å². The van der Waals surface area contributed by atoms with Crippen LogP contribution in [0, 0.1) is 0 Å². The van der Waals surface area contributed by atoms with Gasteiger partial charge in [0.25, 0.3) is 0 Å². The summed E-state index contributed by atoms with van der Waals surface area (Å²) < 4.78 is 0. The Balaban J connectivity index is 1.97. The van der Waals surface area contributed by atoms with E-state index in [-0.39, 0.29) is 0 Å². The van der Waals surface area contributed by atoms with Gasteiger partial charge in [-0.3, -0.25) is 4.98 Å². The summed E-state index contributed by atoms with van der Waals surface area (Å²) in [6.07, 6.45) is 5.97. The first-order valence-corrected chi connectivity index (χ1v) is 6.09. The number of hydrogen-bond acceptors (Lipinski definition) is 5. The third kappa shape index (κ3) is 2.40. The van der Waals surface area contributed by atoms with Crippen molar-refractivity contribution < 1.29 is 0 Å². The highest BCUT2D eigenvalue weighted by Gasteiger charge is 2.22. The molecule has 0 radical (unpaired) electrons. The van der Waals surface area contributed by atoms with Crippen molar-refractivity contribution in [1.82, 2.24) is 15.0 Å². The number of anilines is 2. The van der Waals surface area contributed by atoms with E-state index in [1.807, 2.05) is 31.4 Å². The molecule has 5 heteroatoms. The Morgan fingerprint density at radius 2 is 2.17 bits per heavy atom. The lowest BCUT2D eigenvalue weighted by molar-refractivity contribution is 1.05. The Morgan fingerprint density at radius 1 is 1.28 bits per heavy atom. The molecule has 1 fully saturated rings. The average molecular weight is 241 g/mol. The minimum atomic E-state index is 0.541. The summed E-state index contributed by atoms with van der Waals surface area (Å²) in [5.41, 5.74) is 1.88. The molecule has 18 heavy (non-hydrogen) atoms. The number of rotatable bonds is 4. The van der Waals surface area contributed by atoms with Crippen molar-refractivity contribution in [1.29, 1.82) is 0 Å². The van der Waals surface area contributed by atoms with Crippen LogP contribution in [-0.4, -0.2) is 28.0 Å². The van der Waals surface area contributed by atoms with Crippen molar-refractivity contribution in [3.05, 3.63) is 30.6 Å². The van der Waals surface area contributed by atoms with Crippen LogP contribution in [0.5, 0.6) is 0 Å². The van der Waals surface area contributed by atoms with Gasteiger partial charge in [0.05, 0.1) is 5.69 Å². The van der Waals surface area contributed by atoms with Gasteiger partial charge in [0.1, 0.15) is 5.82 Å². The smallest absolute Gasteiger partial charge is 0.225 e. The Kier molecular flexibility index (Phi) is 2.80. The van der Waals surface area contributed by atoms with E-state index in [9.17, 15) is 0 Å². The highest BCUT2D eigenvalue weighted by molar-refractivity contribution is 5.63. The van der Waals surface area contributed by atoms with Gasteiger partial charge in [-0.2, -0.15) is 4.98 Å². The molecule has 92 valence electrons. The lowest BCUT2D eigenvalue weighted by atomic mass is 10.2. The first kappa shape index (κ1) is 11.0. The van der Waals surface area contributed by atoms with Crippen molar-refractivity contribution >= 4 is 11.8 Å². The maximum Gasteiger partial charge on any atom is 0.225 e. The zero-order chi connectivity index (χ0) is 12.4. The number of nitrogens with one attached hydrogen (secondary N) is 2. The van der Waals surface area contributed by atoms with E-state index in [1.165, 1.54) is 12.8 Å². The predicted molar refractivity (Wildman–Crippen MR) is 71.5 cm³/mol. The van der Waals surface area contributed by atoms with Gasteiger partial charge >= 0.3 is 0 Å². The second-order valence-corrected chi connectivity index (χ2v) is 4.37. The monoisotopic (exact) mass is 241 g/mol. The topological polar surface area (TPSA) is 62.7 Å². The molecule has 2 aromatic heterocycles. The molecule has 0 atom stereocenters. The standard InChI is InChI=1S/C13H15N5/c1-14-12-7-11(9-3-2-6-15-8-9)17-13(18-12)16-10-4-5-10/h2-3,6-8,10H,4-5H2,1H3,(H2,14,16,17,18). The van der Waals surface area contributed by atoms with Crippen LogP contribution in [0.4, 0.5) is 11.8 Å². The van der Waals surface area contributed by atoms with Crippen molar-refractivity contribution in [2.24, 2.45) is 0 Å². The summed E-state index contributed by atoms with van der Waals surface area (Å²) >= 11 is 0. The Labute approximate surface area is 106 Å².